The zero-order valence-corrected chi connectivity index (χ0v) is 14.0. The van der Waals surface area contributed by atoms with Gasteiger partial charge in [0.1, 0.15) is 0 Å². The molecular formula is C13H22ClN3O3S. The molecule has 2 heterocycles. The van der Waals surface area contributed by atoms with Crippen LogP contribution in [0.15, 0.2) is 10.6 Å². The number of aryl methyl sites for hydroxylation is 1. The van der Waals surface area contributed by atoms with Crippen LogP contribution in [0.25, 0.3) is 0 Å². The first-order valence-corrected chi connectivity index (χ1v) is 9.23. The number of sulfonamides is 1. The Kier molecular flexibility index (Phi) is 5.65. The molecule has 0 bridgehead atoms. The highest BCUT2D eigenvalue weighted by Gasteiger charge is 2.28. The second kappa shape index (κ2) is 7.09. The van der Waals surface area contributed by atoms with Crippen molar-refractivity contribution in [1.29, 1.82) is 0 Å². The van der Waals surface area contributed by atoms with Gasteiger partial charge in [0.15, 0.2) is 5.76 Å². The number of aromatic nitrogens is 1. The summed E-state index contributed by atoms with van der Waals surface area (Å²) >= 11 is 5.70. The molecule has 8 heteroatoms. The molecule has 120 valence electrons. The standard InChI is InChI=1S/C13H22ClN3O3S/c1-11(8-14)10-21(18,19)17-5-3-16(4-6-17)9-13-7-12(2)15-20-13/h7,11H,3-6,8-10H2,1-2H3. The van der Waals surface area contributed by atoms with Crippen molar-refractivity contribution in [3.8, 4) is 0 Å². The summed E-state index contributed by atoms with van der Waals surface area (Å²) in [7, 11) is -3.20. The Balaban J connectivity index is 1.85. The molecule has 1 aromatic heterocycles. The van der Waals surface area contributed by atoms with Crippen molar-refractivity contribution in [2.45, 2.75) is 20.4 Å². The van der Waals surface area contributed by atoms with E-state index in [2.05, 4.69) is 10.1 Å². The van der Waals surface area contributed by atoms with Crippen LogP contribution in [-0.4, -0.2) is 60.6 Å². The summed E-state index contributed by atoms with van der Waals surface area (Å²) in [5, 5.41) is 3.86. The third-order valence-electron chi connectivity index (χ3n) is 3.54. The van der Waals surface area contributed by atoms with Gasteiger partial charge in [-0.3, -0.25) is 4.90 Å². The summed E-state index contributed by atoms with van der Waals surface area (Å²) in [6.45, 7) is 6.85. The molecule has 0 radical (unpaired) electrons. The Hall–Kier alpha value is -0.630. The van der Waals surface area contributed by atoms with Crippen LogP contribution in [0.5, 0.6) is 0 Å². The Morgan fingerprint density at radius 2 is 2.05 bits per heavy atom. The van der Waals surface area contributed by atoms with Crippen LogP contribution in [0.3, 0.4) is 0 Å². The van der Waals surface area contributed by atoms with Crippen LogP contribution in [0.1, 0.15) is 18.4 Å². The van der Waals surface area contributed by atoms with Gasteiger partial charge in [0.05, 0.1) is 18.0 Å². The summed E-state index contributed by atoms with van der Waals surface area (Å²) in [5.41, 5.74) is 0.862. The van der Waals surface area contributed by atoms with Gasteiger partial charge in [-0.2, -0.15) is 4.31 Å². The van der Waals surface area contributed by atoms with Gasteiger partial charge in [-0.1, -0.05) is 12.1 Å². The topological polar surface area (TPSA) is 66.7 Å². The average Bonchev–Trinajstić information content (AvgIpc) is 2.84. The molecule has 1 aromatic rings. The van der Waals surface area contributed by atoms with Crippen LogP contribution in [-0.2, 0) is 16.6 Å². The summed E-state index contributed by atoms with van der Waals surface area (Å²) in [5.74, 6) is 1.29. The molecule has 1 aliphatic rings. The van der Waals surface area contributed by atoms with Crippen molar-refractivity contribution in [2.24, 2.45) is 5.92 Å². The first-order valence-electron chi connectivity index (χ1n) is 7.09. The molecule has 2 rings (SSSR count). The van der Waals surface area contributed by atoms with Gasteiger partial charge >= 0.3 is 0 Å². The molecule has 1 saturated heterocycles. The molecule has 21 heavy (non-hydrogen) atoms. The number of hydrogen-bond acceptors (Lipinski definition) is 5. The lowest BCUT2D eigenvalue weighted by Gasteiger charge is -2.33. The van der Waals surface area contributed by atoms with Crippen LogP contribution in [0.4, 0.5) is 0 Å². The second-order valence-electron chi connectivity index (χ2n) is 5.65. The lowest BCUT2D eigenvalue weighted by molar-refractivity contribution is 0.165. The third kappa shape index (κ3) is 4.67. The van der Waals surface area contributed by atoms with Crippen LogP contribution in [0, 0.1) is 12.8 Å². The zero-order valence-electron chi connectivity index (χ0n) is 12.5. The maximum atomic E-state index is 12.2. The van der Waals surface area contributed by atoms with Gasteiger partial charge in [-0.25, -0.2) is 8.42 Å². The van der Waals surface area contributed by atoms with E-state index in [4.69, 9.17) is 16.1 Å². The van der Waals surface area contributed by atoms with E-state index < -0.39 is 10.0 Å². The largest absolute Gasteiger partial charge is 0.360 e. The molecule has 1 atom stereocenters. The van der Waals surface area contributed by atoms with Gasteiger partial charge in [-0.05, 0) is 12.8 Å². The molecule has 0 saturated carbocycles. The van der Waals surface area contributed by atoms with E-state index in [1.165, 1.54) is 0 Å². The van der Waals surface area contributed by atoms with Gasteiger partial charge in [0.25, 0.3) is 0 Å². The Labute approximate surface area is 131 Å². The van der Waals surface area contributed by atoms with Gasteiger partial charge in [0.2, 0.25) is 10.0 Å². The molecule has 6 nitrogen and oxygen atoms in total. The third-order valence-corrected chi connectivity index (χ3v) is 6.21. The van der Waals surface area contributed by atoms with Crippen LogP contribution < -0.4 is 0 Å². The number of halogens is 1. The molecule has 0 aliphatic carbocycles. The molecule has 0 aromatic carbocycles. The lowest BCUT2D eigenvalue weighted by atomic mass is 10.3. The fraction of sp³-hybridized carbons (Fsp3) is 0.769. The second-order valence-corrected chi connectivity index (χ2v) is 7.97. The van der Waals surface area contributed by atoms with E-state index in [0.717, 1.165) is 11.5 Å². The SMILES string of the molecule is Cc1cc(CN2CCN(S(=O)(=O)CC(C)CCl)CC2)on1. The maximum Gasteiger partial charge on any atom is 0.214 e. The van der Waals surface area contributed by atoms with E-state index in [1.54, 1.807) is 4.31 Å². The predicted octanol–water partition coefficient (Wildman–Crippen LogP) is 1.31. The first kappa shape index (κ1) is 16.7. The molecular weight excluding hydrogens is 314 g/mol. The minimum atomic E-state index is -3.20. The van der Waals surface area contributed by atoms with Gasteiger partial charge in [0, 0.05) is 38.1 Å². The number of rotatable bonds is 6. The summed E-state index contributed by atoms with van der Waals surface area (Å²) < 4.78 is 31.2. The van der Waals surface area contributed by atoms with Crippen molar-refractivity contribution in [2.75, 3.05) is 37.8 Å². The summed E-state index contributed by atoms with van der Waals surface area (Å²) in [6, 6.07) is 1.91. The highest BCUT2D eigenvalue weighted by atomic mass is 35.5. The van der Waals surface area contributed by atoms with Gasteiger partial charge < -0.3 is 4.52 Å². The molecule has 1 unspecified atom stereocenters. The fourth-order valence-corrected chi connectivity index (χ4v) is 4.39. The normalized spacial score (nSPS) is 19.8. The van der Waals surface area contributed by atoms with Crippen LogP contribution in [0.2, 0.25) is 0 Å². The quantitative estimate of drug-likeness (QED) is 0.733. The predicted molar refractivity (Wildman–Crippen MR) is 81.8 cm³/mol. The molecule has 1 aliphatic heterocycles. The highest BCUT2D eigenvalue weighted by Crippen LogP contribution is 2.14. The monoisotopic (exact) mass is 335 g/mol. The van der Waals surface area contributed by atoms with Crippen molar-refractivity contribution in [3.63, 3.8) is 0 Å². The van der Waals surface area contributed by atoms with E-state index in [0.29, 0.717) is 38.6 Å². The number of alkyl halides is 1. The Morgan fingerprint density at radius 1 is 1.38 bits per heavy atom. The van der Waals surface area contributed by atoms with Gasteiger partial charge in [-0.15, -0.1) is 11.6 Å². The number of piperazine rings is 1. The van der Waals surface area contributed by atoms with Crippen LogP contribution >= 0.6 is 11.6 Å². The van der Waals surface area contributed by atoms with Crippen molar-refractivity contribution >= 4 is 21.6 Å². The molecule has 1 fully saturated rings. The van der Waals surface area contributed by atoms with Crippen molar-refractivity contribution < 1.29 is 12.9 Å². The van der Waals surface area contributed by atoms with E-state index in [1.807, 2.05) is 19.9 Å². The van der Waals surface area contributed by atoms with Crippen molar-refractivity contribution in [1.82, 2.24) is 14.4 Å². The van der Waals surface area contributed by atoms with E-state index in [9.17, 15) is 8.42 Å². The number of hydrogen-bond donors (Lipinski definition) is 0. The number of nitrogens with zero attached hydrogens (tertiary/aromatic N) is 3. The summed E-state index contributed by atoms with van der Waals surface area (Å²) in [6.07, 6.45) is 0. The maximum absolute atomic E-state index is 12.2. The Morgan fingerprint density at radius 3 is 2.57 bits per heavy atom. The smallest absolute Gasteiger partial charge is 0.214 e. The van der Waals surface area contributed by atoms with E-state index in [-0.39, 0.29) is 11.7 Å². The molecule has 0 N–H and O–H groups in total. The lowest BCUT2D eigenvalue weighted by Crippen LogP contribution is -2.49. The van der Waals surface area contributed by atoms with Crippen molar-refractivity contribution in [3.05, 3.63) is 17.5 Å². The minimum absolute atomic E-state index is 0.0214. The fourth-order valence-electron chi connectivity index (χ4n) is 2.39. The molecule has 0 amide bonds. The Bertz CT molecular complexity index is 553. The van der Waals surface area contributed by atoms with E-state index >= 15 is 0 Å². The first-order chi connectivity index (χ1) is 9.90. The zero-order chi connectivity index (χ0) is 15.5. The highest BCUT2D eigenvalue weighted by molar-refractivity contribution is 7.89. The average molecular weight is 336 g/mol. The minimum Gasteiger partial charge on any atom is -0.360 e. The molecule has 0 spiro atoms. The summed E-state index contributed by atoms with van der Waals surface area (Å²) in [4.78, 5) is 2.18.